The lowest BCUT2D eigenvalue weighted by Gasteiger charge is -2.33. The Morgan fingerprint density at radius 3 is 2.20 bits per heavy atom. The quantitative estimate of drug-likeness (QED) is 0.277. The topological polar surface area (TPSA) is 78.5 Å². The Labute approximate surface area is 246 Å². The van der Waals surface area contributed by atoms with E-state index in [4.69, 9.17) is 0 Å². The van der Waals surface area contributed by atoms with Crippen LogP contribution < -0.4 is 10.0 Å². The highest BCUT2D eigenvalue weighted by Gasteiger charge is 2.25. The molecule has 3 aromatic carbocycles. The van der Waals surface area contributed by atoms with Crippen molar-refractivity contribution in [2.24, 2.45) is 5.92 Å². The van der Waals surface area contributed by atoms with Crippen molar-refractivity contribution in [1.82, 2.24) is 9.62 Å². The molecule has 1 unspecified atom stereocenters. The Morgan fingerprint density at radius 1 is 0.927 bits per heavy atom. The molecule has 3 aromatic rings. The lowest BCUT2D eigenvalue weighted by molar-refractivity contribution is -0.118. The summed E-state index contributed by atoms with van der Waals surface area (Å²) >= 11 is 0. The lowest BCUT2D eigenvalue weighted by Crippen LogP contribution is -2.36. The fraction of sp³-hybridized carbons (Fsp3) is 0.441. The van der Waals surface area contributed by atoms with Gasteiger partial charge in [0.2, 0.25) is 15.9 Å². The number of nitrogens with one attached hydrogen (secondary N) is 2. The van der Waals surface area contributed by atoms with Crippen LogP contribution in [0.1, 0.15) is 82.5 Å². The van der Waals surface area contributed by atoms with Gasteiger partial charge in [-0.2, -0.15) is 0 Å². The van der Waals surface area contributed by atoms with Gasteiger partial charge >= 0.3 is 0 Å². The third-order valence-electron chi connectivity index (χ3n) is 8.00. The molecule has 1 aliphatic heterocycles. The van der Waals surface area contributed by atoms with Gasteiger partial charge in [-0.05, 0) is 91.2 Å². The second-order valence-electron chi connectivity index (χ2n) is 12.5. The van der Waals surface area contributed by atoms with Gasteiger partial charge in [0.25, 0.3) is 0 Å². The van der Waals surface area contributed by atoms with E-state index in [-0.39, 0.29) is 23.3 Å². The molecular weight excluding hydrogens is 530 g/mol. The third-order valence-corrected chi connectivity index (χ3v) is 9.49. The first-order chi connectivity index (χ1) is 19.4. The average molecular weight is 576 g/mol. The maximum Gasteiger partial charge on any atom is 0.241 e. The van der Waals surface area contributed by atoms with Crippen LogP contribution in [0.25, 0.3) is 0 Å². The number of hydrogen-bond donors (Lipinski definition) is 2. The second-order valence-corrected chi connectivity index (χ2v) is 14.2. The van der Waals surface area contributed by atoms with Gasteiger partial charge in [0, 0.05) is 17.6 Å². The number of rotatable bonds is 10. The van der Waals surface area contributed by atoms with E-state index >= 15 is 0 Å². The third kappa shape index (κ3) is 8.51. The van der Waals surface area contributed by atoms with E-state index in [2.05, 4.69) is 47.8 Å². The smallest absolute Gasteiger partial charge is 0.241 e. The summed E-state index contributed by atoms with van der Waals surface area (Å²) < 4.78 is 29.8. The molecule has 6 nitrogen and oxygen atoms in total. The Hall–Kier alpha value is -3.00. The minimum atomic E-state index is -3.68. The number of nitrogens with zero attached hydrogens (tertiary/aromatic N) is 1. The summed E-state index contributed by atoms with van der Waals surface area (Å²) in [7, 11) is -3.68. The maximum absolute atomic E-state index is 13.4. The normalized spacial score (nSPS) is 16.0. The van der Waals surface area contributed by atoms with Gasteiger partial charge in [0.05, 0.1) is 4.90 Å². The van der Waals surface area contributed by atoms with Crippen molar-refractivity contribution in [3.05, 3.63) is 95.6 Å². The van der Waals surface area contributed by atoms with E-state index in [1.54, 1.807) is 12.1 Å². The zero-order valence-electron chi connectivity index (χ0n) is 25.1. The predicted molar refractivity (Wildman–Crippen MR) is 168 cm³/mol. The van der Waals surface area contributed by atoms with Crippen molar-refractivity contribution in [3.8, 4) is 0 Å². The molecule has 1 fully saturated rings. The SMILES string of the molecule is CC(C)C(=O)Nc1cccc(C2CCN(CCC(NS(=O)(=O)c3ccc(C(C)(C)C)cc3)c3ccccc3)CC2)c1. The molecule has 7 heteroatoms. The Morgan fingerprint density at radius 2 is 1.59 bits per heavy atom. The molecule has 0 radical (unpaired) electrons. The minimum Gasteiger partial charge on any atom is -0.326 e. The highest BCUT2D eigenvalue weighted by atomic mass is 32.2. The van der Waals surface area contributed by atoms with Crippen molar-refractivity contribution in [2.75, 3.05) is 25.0 Å². The number of carbonyl (C=O) groups is 1. The number of piperidine rings is 1. The van der Waals surface area contributed by atoms with Crippen LogP contribution in [0.3, 0.4) is 0 Å². The minimum absolute atomic E-state index is 0.0301. The molecule has 0 bridgehead atoms. The molecule has 0 saturated carbocycles. The summed E-state index contributed by atoms with van der Waals surface area (Å²) in [5, 5.41) is 3.01. The number of anilines is 1. The fourth-order valence-corrected chi connectivity index (χ4v) is 6.59. The molecule has 1 atom stereocenters. The highest BCUT2D eigenvalue weighted by molar-refractivity contribution is 7.89. The summed E-state index contributed by atoms with van der Waals surface area (Å²) in [4.78, 5) is 14.9. The summed E-state index contributed by atoms with van der Waals surface area (Å²) in [6.07, 6.45) is 2.75. The zero-order valence-corrected chi connectivity index (χ0v) is 25.9. The Bertz CT molecular complexity index is 1390. The number of amides is 1. The Balaban J connectivity index is 1.38. The number of hydrogen-bond acceptors (Lipinski definition) is 4. The van der Waals surface area contributed by atoms with Crippen LogP contribution in [0.15, 0.2) is 83.8 Å². The average Bonchev–Trinajstić information content (AvgIpc) is 2.95. The second kappa shape index (κ2) is 13.3. The van der Waals surface area contributed by atoms with E-state index in [1.165, 1.54) is 5.56 Å². The van der Waals surface area contributed by atoms with Crippen LogP contribution in [0.4, 0.5) is 5.69 Å². The molecule has 1 amide bonds. The van der Waals surface area contributed by atoms with Crippen LogP contribution in [0.5, 0.6) is 0 Å². The first-order valence-corrected chi connectivity index (χ1v) is 16.2. The van der Waals surface area contributed by atoms with Gasteiger partial charge in [0.1, 0.15) is 0 Å². The van der Waals surface area contributed by atoms with Crippen LogP contribution in [-0.4, -0.2) is 38.9 Å². The molecule has 4 rings (SSSR count). The predicted octanol–water partition coefficient (Wildman–Crippen LogP) is 6.87. The van der Waals surface area contributed by atoms with Gasteiger partial charge in [0.15, 0.2) is 0 Å². The molecule has 0 aliphatic carbocycles. The van der Waals surface area contributed by atoms with Crippen molar-refractivity contribution < 1.29 is 13.2 Å². The largest absolute Gasteiger partial charge is 0.326 e. The first-order valence-electron chi connectivity index (χ1n) is 14.7. The standard InChI is InChI=1S/C34H45N3O3S/c1-25(2)33(38)35-30-13-9-12-28(24-30)26-18-21-37(22-19-26)23-20-32(27-10-7-6-8-11-27)36-41(39,40)31-16-14-29(15-17-31)34(3,4)5/h6-17,24-26,32,36H,18-23H2,1-5H3,(H,35,38). The van der Waals surface area contributed by atoms with Gasteiger partial charge in [-0.1, -0.05) is 89.2 Å². The zero-order chi connectivity index (χ0) is 29.6. The van der Waals surface area contributed by atoms with Crippen LogP contribution in [-0.2, 0) is 20.2 Å². The number of likely N-dealkylation sites (tertiary alicyclic amines) is 1. The van der Waals surface area contributed by atoms with E-state index in [1.807, 2.05) is 68.4 Å². The number of benzene rings is 3. The molecule has 1 saturated heterocycles. The van der Waals surface area contributed by atoms with E-state index in [9.17, 15) is 13.2 Å². The summed E-state index contributed by atoms with van der Waals surface area (Å²) in [6, 6.07) is 25.0. The van der Waals surface area contributed by atoms with Gasteiger partial charge in [-0.3, -0.25) is 4.79 Å². The van der Waals surface area contributed by atoms with E-state index in [0.29, 0.717) is 17.2 Å². The van der Waals surface area contributed by atoms with Crippen molar-refractivity contribution in [1.29, 1.82) is 0 Å². The maximum atomic E-state index is 13.4. The highest BCUT2D eigenvalue weighted by Crippen LogP contribution is 2.31. The van der Waals surface area contributed by atoms with Crippen LogP contribution in [0.2, 0.25) is 0 Å². The Kier molecular flexibility index (Phi) is 10.1. The molecule has 0 spiro atoms. The van der Waals surface area contributed by atoms with Crippen molar-refractivity contribution in [2.45, 2.75) is 76.2 Å². The van der Waals surface area contributed by atoms with Gasteiger partial charge in [-0.15, -0.1) is 0 Å². The van der Waals surface area contributed by atoms with E-state index < -0.39 is 10.0 Å². The molecule has 1 heterocycles. The molecule has 220 valence electrons. The first kappa shape index (κ1) is 30.9. The molecule has 41 heavy (non-hydrogen) atoms. The molecule has 2 N–H and O–H groups in total. The van der Waals surface area contributed by atoms with Crippen LogP contribution in [0, 0.1) is 5.92 Å². The fourth-order valence-electron chi connectivity index (χ4n) is 5.33. The summed E-state index contributed by atoms with van der Waals surface area (Å²) in [5.74, 6) is 0.421. The van der Waals surface area contributed by atoms with Crippen LogP contribution >= 0.6 is 0 Å². The van der Waals surface area contributed by atoms with Crippen molar-refractivity contribution in [3.63, 3.8) is 0 Å². The number of sulfonamides is 1. The van der Waals surface area contributed by atoms with E-state index in [0.717, 1.165) is 49.3 Å². The monoisotopic (exact) mass is 575 g/mol. The molecule has 1 aliphatic rings. The number of carbonyl (C=O) groups excluding carboxylic acids is 1. The lowest BCUT2D eigenvalue weighted by atomic mass is 9.87. The van der Waals surface area contributed by atoms with Gasteiger partial charge < -0.3 is 10.2 Å². The summed E-state index contributed by atoms with van der Waals surface area (Å²) in [5.41, 5.74) is 4.15. The molecule has 0 aromatic heterocycles. The summed E-state index contributed by atoms with van der Waals surface area (Å²) in [6.45, 7) is 12.9. The molecular formula is C34H45N3O3S. The van der Waals surface area contributed by atoms with Gasteiger partial charge in [-0.25, -0.2) is 13.1 Å². The van der Waals surface area contributed by atoms with Crippen molar-refractivity contribution >= 4 is 21.6 Å².